The molecular weight excluding hydrogens is 308 g/mol. The second-order valence-corrected chi connectivity index (χ2v) is 6.01. The Bertz CT molecular complexity index is 683. The molecule has 1 aliphatic rings. The third-order valence-electron chi connectivity index (χ3n) is 4.46. The lowest BCUT2D eigenvalue weighted by atomic mass is 9.90. The molecule has 2 N–H and O–H groups in total. The number of carbonyl (C=O) groups is 1. The Hall–Kier alpha value is -2.41. The summed E-state index contributed by atoms with van der Waals surface area (Å²) in [6.07, 6.45) is 5.75. The van der Waals surface area contributed by atoms with Gasteiger partial charge in [-0.1, -0.05) is 18.1 Å². The summed E-state index contributed by atoms with van der Waals surface area (Å²) in [7, 11) is 1.60. The van der Waals surface area contributed by atoms with Crippen molar-refractivity contribution < 1.29 is 14.6 Å². The Labute approximate surface area is 140 Å². The minimum Gasteiger partial charge on any atom is -0.497 e. The molecule has 0 aliphatic heterocycles. The first-order valence-corrected chi connectivity index (χ1v) is 8.17. The van der Waals surface area contributed by atoms with Crippen LogP contribution in [-0.2, 0) is 6.61 Å². The Morgan fingerprint density at radius 1 is 1.33 bits per heavy atom. The van der Waals surface area contributed by atoms with Gasteiger partial charge in [0, 0.05) is 5.56 Å². The number of ether oxygens (including phenoxy) is 1. The fourth-order valence-corrected chi connectivity index (χ4v) is 3.14. The summed E-state index contributed by atoms with van der Waals surface area (Å²) in [5, 5.41) is 20.3. The number of aliphatic hydroxyl groups is 1. The zero-order chi connectivity index (χ0) is 16.9. The lowest BCUT2D eigenvalue weighted by molar-refractivity contribution is 0.0904. The predicted octanol–water partition coefficient (Wildman–Crippen LogP) is 1.69. The smallest absolute Gasteiger partial charge is 0.251 e. The van der Waals surface area contributed by atoms with Gasteiger partial charge in [0.2, 0.25) is 0 Å². The van der Waals surface area contributed by atoms with Gasteiger partial charge in [-0.15, -0.1) is 5.10 Å². The Balaban J connectivity index is 1.71. The van der Waals surface area contributed by atoms with E-state index in [2.05, 4.69) is 15.6 Å². The minimum atomic E-state index is -0.129. The van der Waals surface area contributed by atoms with Gasteiger partial charge in [0.1, 0.15) is 11.4 Å². The van der Waals surface area contributed by atoms with Crippen molar-refractivity contribution in [1.82, 2.24) is 20.3 Å². The highest BCUT2D eigenvalue weighted by molar-refractivity contribution is 5.94. The molecule has 1 aromatic heterocycles. The molecule has 24 heavy (non-hydrogen) atoms. The van der Waals surface area contributed by atoms with Gasteiger partial charge >= 0.3 is 0 Å². The second-order valence-electron chi connectivity index (χ2n) is 6.01. The molecule has 0 radical (unpaired) electrons. The van der Waals surface area contributed by atoms with E-state index in [4.69, 9.17) is 9.84 Å². The van der Waals surface area contributed by atoms with Crippen molar-refractivity contribution in [1.29, 1.82) is 0 Å². The van der Waals surface area contributed by atoms with Gasteiger partial charge in [-0.3, -0.25) is 4.79 Å². The maximum atomic E-state index is 12.5. The van der Waals surface area contributed by atoms with E-state index >= 15 is 0 Å². The molecule has 1 fully saturated rings. The van der Waals surface area contributed by atoms with Crippen molar-refractivity contribution in [3.8, 4) is 5.75 Å². The average Bonchev–Trinajstić information content (AvgIpc) is 3.11. The number of amides is 1. The average molecular weight is 330 g/mol. The predicted molar refractivity (Wildman–Crippen MR) is 87.7 cm³/mol. The van der Waals surface area contributed by atoms with Crippen molar-refractivity contribution in [2.75, 3.05) is 7.11 Å². The molecule has 7 heteroatoms. The van der Waals surface area contributed by atoms with Crippen molar-refractivity contribution in [3.63, 3.8) is 0 Å². The molecule has 1 aliphatic carbocycles. The number of hydrogen-bond acceptors (Lipinski definition) is 5. The molecule has 1 saturated carbocycles. The summed E-state index contributed by atoms with van der Waals surface area (Å²) in [6.45, 7) is -0.129. The Kier molecular flexibility index (Phi) is 5.10. The van der Waals surface area contributed by atoms with Crippen LogP contribution in [-0.4, -0.2) is 39.2 Å². The number of nitrogens with one attached hydrogen (secondary N) is 1. The molecule has 1 aromatic carbocycles. The van der Waals surface area contributed by atoms with E-state index in [0.717, 1.165) is 31.4 Å². The first-order valence-electron chi connectivity index (χ1n) is 8.17. The number of hydrogen-bond donors (Lipinski definition) is 2. The highest BCUT2D eigenvalue weighted by atomic mass is 16.5. The van der Waals surface area contributed by atoms with Crippen molar-refractivity contribution >= 4 is 5.91 Å². The summed E-state index contributed by atoms with van der Waals surface area (Å²) in [5.41, 5.74) is 1.15. The number of benzene rings is 1. The van der Waals surface area contributed by atoms with Gasteiger partial charge < -0.3 is 15.2 Å². The third-order valence-corrected chi connectivity index (χ3v) is 4.46. The molecule has 1 amide bonds. The molecule has 0 saturated heterocycles. The lowest BCUT2D eigenvalue weighted by Gasteiger charge is -2.32. The fourth-order valence-electron chi connectivity index (χ4n) is 3.14. The third kappa shape index (κ3) is 3.56. The van der Waals surface area contributed by atoms with Gasteiger partial charge in [0.05, 0.1) is 32.0 Å². The molecule has 2 aromatic rings. The molecule has 2 atom stereocenters. The van der Waals surface area contributed by atoms with Crippen LogP contribution in [0.4, 0.5) is 0 Å². The van der Waals surface area contributed by atoms with Crippen molar-refractivity contribution in [2.45, 2.75) is 44.4 Å². The topological polar surface area (TPSA) is 89.3 Å². The van der Waals surface area contributed by atoms with Crippen LogP contribution in [0.3, 0.4) is 0 Å². The summed E-state index contributed by atoms with van der Waals surface area (Å²) < 4.78 is 6.88. The van der Waals surface area contributed by atoms with E-state index in [1.807, 2.05) is 0 Å². The number of methoxy groups -OCH3 is 1. The summed E-state index contributed by atoms with van der Waals surface area (Å²) in [4.78, 5) is 12.5. The van der Waals surface area contributed by atoms with Gasteiger partial charge in [-0.2, -0.15) is 0 Å². The fraction of sp³-hybridized carbons (Fsp3) is 0.471. The second kappa shape index (κ2) is 7.44. The van der Waals surface area contributed by atoms with Gasteiger partial charge in [0.15, 0.2) is 0 Å². The Morgan fingerprint density at radius 2 is 2.08 bits per heavy atom. The zero-order valence-electron chi connectivity index (χ0n) is 13.7. The van der Waals surface area contributed by atoms with Crippen LogP contribution in [0, 0.1) is 0 Å². The number of carbonyl (C=O) groups excluding carboxylic acids is 1. The SMILES string of the molecule is COc1ccc(C(=O)N[C@H]2CCCC[C@H]2n2cc(CO)nn2)cc1. The number of nitrogens with zero attached hydrogens (tertiary/aromatic N) is 3. The highest BCUT2D eigenvalue weighted by Gasteiger charge is 2.29. The van der Waals surface area contributed by atoms with Crippen molar-refractivity contribution in [2.24, 2.45) is 0 Å². The minimum absolute atomic E-state index is 0.00148. The van der Waals surface area contributed by atoms with E-state index in [1.165, 1.54) is 0 Å². The first kappa shape index (κ1) is 16.4. The largest absolute Gasteiger partial charge is 0.497 e. The molecule has 128 valence electrons. The van der Waals surface area contributed by atoms with Gasteiger partial charge in [-0.05, 0) is 37.1 Å². The van der Waals surface area contributed by atoms with Gasteiger partial charge in [0.25, 0.3) is 5.91 Å². The van der Waals surface area contributed by atoms with Gasteiger partial charge in [-0.25, -0.2) is 4.68 Å². The molecular formula is C17H22N4O3. The molecule has 0 bridgehead atoms. The van der Waals surface area contributed by atoms with Crippen LogP contribution < -0.4 is 10.1 Å². The van der Waals surface area contributed by atoms with Crippen molar-refractivity contribution in [3.05, 3.63) is 41.7 Å². The first-order chi connectivity index (χ1) is 11.7. The molecule has 3 rings (SSSR count). The quantitative estimate of drug-likeness (QED) is 0.871. The summed E-state index contributed by atoms with van der Waals surface area (Å²) in [5.74, 6) is 0.623. The van der Waals surface area contributed by atoms with E-state index in [0.29, 0.717) is 11.3 Å². The van der Waals surface area contributed by atoms with Crippen LogP contribution in [0.5, 0.6) is 5.75 Å². The number of rotatable bonds is 5. The lowest BCUT2D eigenvalue weighted by Crippen LogP contribution is -2.43. The zero-order valence-corrected chi connectivity index (χ0v) is 13.7. The standard InChI is InChI=1S/C17H22N4O3/c1-24-14-8-6-12(7-9-14)17(23)18-15-4-2-3-5-16(15)21-10-13(11-22)19-20-21/h6-10,15-16,22H,2-5,11H2,1H3,(H,18,23)/t15-,16+/m0/s1. The van der Waals surface area contributed by atoms with Crippen LogP contribution in [0.2, 0.25) is 0 Å². The van der Waals surface area contributed by atoms with E-state index < -0.39 is 0 Å². The van der Waals surface area contributed by atoms with E-state index in [-0.39, 0.29) is 24.6 Å². The van der Waals surface area contributed by atoms with Crippen LogP contribution in [0.1, 0.15) is 47.8 Å². The van der Waals surface area contributed by atoms with Crippen LogP contribution in [0.25, 0.3) is 0 Å². The number of aliphatic hydroxyl groups excluding tert-OH is 1. The monoisotopic (exact) mass is 330 g/mol. The van der Waals surface area contributed by atoms with Crippen LogP contribution in [0.15, 0.2) is 30.5 Å². The molecule has 0 spiro atoms. The molecule has 1 heterocycles. The van der Waals surface area contributed by atoms with E-state index in [9.17, 15) is 4.79 Å². The maximum Gasteiger partial charge on any atom is 0.251 e. The Morgan fingerprint density at radius 3 is 2.75 bits per heavy atom. The summed E-state index contributed by atoms with van der Waals surface area (Å²) >= 11 is 0. The summed E-state index contributed by atoms with van der Waals surface area (Å²) in [6, 6.07) is 7.13. The maximum absolute atomic E-state index is 12.5. The normalized spacial score (nSPS) is 20.6. The molecule has 7 nitrogen and oxygen atoms in total. The highest BCUT2D eigenvalue weighted by Crippen LogP contribution is 2.28. The van der Waals surface area contributed by atoms with E-state index in [1.54, 1.807) is 42.3 Å². The number of aromatic nitrogens is 3. The molecule has 0 unspecified atom stereocenters. The van der Waals surface area contributed by atoms with Crippen LogP contribution >= 0.6 is 0 Å².